The van der Waals surface area contributed by atoms with E-state index in [1.54, 1.807) is 6.08 Å². The maximum atomic E-state index is 12.8. The second-order valence-corrected chi connectivity index (χ2v) is 17.5. The van der Waals surface area contributed by atoms with Crippen LogP contribution in [0.1, 0.15) is 194 Å². The average Bonchev–Trinajstić information content (AvgIpc) is 3.09. The normalized spacial score (nSPS) is 14.7. The average molecular weight is 758 g/mol. The Balaban J connectivity index is 4.44. The fraction of sp³-hybridized carbons (Fsp3) is 0.884. The van der Waals surface area contributed by atoms with Crippen molar-refractivity contribution in [2.24, 2.45) is 0 Å². The molecule has 1 amide bonds. The summed E-state index contributed by atoms with van der Waals surface area (Å²) in [6.07, 6.45) is 41.0. The van der Waals surface area contributed by atoms with Gasteiger partial charge >= 0.3 is 7.82 Å². The number of aliphatic hydroxyl groups excluding tert-OH is 1. The minimum atomic E-state index is -4.34. The van der Waals surface area contributed by atoms with E-state index in [1.807, 2.05) is 27.2 Å². The number of nitrogens with zero attached hydrogens (tertiary/aromatic N) is 1. The summed E-state index contributed by atoms with van der Waals surface area (Å²) in [5.74, 6) is -0.186. The SMILES string of the molecule is CCCCCCCCC/C=C/CC/C=C/[C@H](O)[C@@H](COP(=O)(O)OCC[N+](C)(C)C)NC(=O)CCCCCCCCCCCCCCCCCCC. The van der Waals surface area contributed by atoms with Gasteiger partial charge < -0.3 is 19.8 Å². The molecule has 0 bridgehead atoms. The molecule has 9 heteroatoms. The number of rotatable bonds is 39. The van der Waals surface area contributed by atoms with E-state index in [0.717, 1.165) is 38.5 Å². The van der Waals surface area contributed by atoms with E-state index < -0.39 is 20.0 Å². The van der Waals surface area contributed by atoms with Gasteiger partial charge in [0.2, 0.25) is 5.91 Å². The van der Waals surface area contributed by atoms with Crippen molar-refractivity contribution in [3.05, 3.63) is 24.3 Å². The van der Waals surface area contributed by atoms with Crippen molar-refractivity contribution in [2.75, 3.05) is 40.9 Å². The Morgan fingerprint density at radius 1 is 0.635 bits per heavy atom. The van der Waals surface area contributed by atoms with Crippen LogP contribution in [-0.4, -0.2) is 73.4 Å². The highest BCUT2D eigenvalue weighted by molar-refractivity contribution is 7.47. The number of quaternary nitrogens is 1. The smallest absolute Gasteiger partial charge is 0.387 e. The molecule has 52 heavy (non-hydrogen) atoms. The zero-order valence-electron chi connectivity index (χ0n) is 34.8. The summed E-state index contributed by atoms with van der Waals surface area (Å²) in [6.45, 7) is 4.78. The van der Waals surface area contributed by atoms with E-state index in [9.17, 15) is 19.4 Å². The fourth-order valence-corrected chi connectivity index (χ4v) is 6.91. The van der Waals surface area contributed by atoms with Gasteiger partial charge in [0.25, 0.3) is 0 Å². The summed E-state index contributed by atoms with van der Waals surface area (Å²) < 4.78 is 23.5. The van der Waals surface area contributed by atoms with E-state index in [-0.39, 0.29) is 19.1 Å². The van der Waals surface area contributed by atoms with Gasteiger partial charge in [-0.1, -0.05) is 179 Å². The number of carbonyl (C=O) groups excluding carboxylic acids is 1. The zero-order chi connectivity index (χ0) is 38.6. The summed E-state index contributed by atoms with van der Waals surface area (Å²) in [7, 11) is 1.56. The molecule has 0 radical (unpaired) electrons. The molecule has 3 N–H and O–H groups in total. The predicted molar refractivity (Wildman–Crippen MR) is 221 cm³/mol. The van der Waals surface area contributed by atoms with Crippen LogP contribution in [0.5, 0.6) is 0 Å². The highest BCUT2D eigenvalue weighted by Crippen LogP contribution is 2.43. The van der Waals surface area contributed by atoms with Gasteiger partial charge in [0.1, 0.15) is 13.2 Å². The summed E-state index contributed by atoms with van der Waals surface area (Å²) >= 11 is 0. The molecule has 0 aromatic rings. The first-order chi connectivity index (χ1) is 25.0. The third-order valence-electron chi connectivity index (χ3n) is 9.67. The van der Waals surface area contributed by atoms with Crippen molar-refractivity contribution in [1.82, 2.24) is 5.32 Å². The Kier molecular flexibility index (Phi) is 35.0. The van der Waals surface area contributed by atoms with E-state index in [2.05, 4.69) is 31.3 Å². The number of hydrogen-bond donors (Lipinski definition) is 3. The third kappa shape index (κ3) is 37.3. The lowest BCUT2D eigenvalue weighted by atomic mass is 10.0. The van der Waals surface area contributed by atoms with Crippen molar-refractivity contribution in [3.8, 4) is 0 Å². The Morgan fingerprint density at radius 3 is 1.54 bits per heavy atom. The fourth-order valence-electron chi connectivity index (χ4n) is 6.17. The van der Waals surface area contributed by atoms with E-state index in [1.165, 1.54) is 135 Å². The molecule has 0 spiro atoms. The molecule has 0 aromatic heterocycles. The van der Waals surface area contributed by atoms with Gasteiger partial charge in [-0.2, -0.15) is 0 Å². The van der Waals surface area contributed by atoms with E-state index in [4.69, 9.17) is 9.05 Å². The topological polar surface area (TPSA) is 105 Å². The molecule has 308 valence electrons. The molecule has 8 nitrogen and oxygen atoms in total. The molecular weight excluding hydrogens is 671 g/mol. The molecule has 3 atom stereocenters. The molecule has 0 aliphatic heterocycles. The van der Waals surface area contributed by atoms with Gasteiger partial charge in [0.05, 0.1) is 39.9 Å². The van der Waals surface area contributed by atoms with Gasteiger partial charge in [-0.15, -0.1) is 0 Å². The maximum Gasteiger partial charge on any atom is 0.472 e. The first kappa shape index (κ1) is 51.0. The van der Waals surface area contributed by atoms with Crippen LogP contribution in [0.25, 0.3) is 0 Å². The molecule has 0 saturated heterocycles. The Morgan fingerprint density at radius 2 is 1.06 bits per heavy atom. The van der Waals surface area contributed by atoms with Crippen LogP contribution in [-0.2, 0) is 18.4 Å². The molecule has 0 heterocycles. The van der Waals surface area contributed by atoms with Crippen molar-refractivity contribution in [1.29, 1.82) is 0 Å². The standard InChI is InChI=1S/C43H85N2O6P/c1-6-8-10-12-14-16-18-20-21-22-23-25-27-29-31-33-35-37-43(47)44-41(40-51-52(48,49)50-39-38-45(3,4)5)42(46)36-34-32-30-28-26-24-19-17-15-13-11-9-7-2/h26,28,34,36,41-42,46H,6-25,27,29-33,35,37-40H2,1-5H3,(H-,44,47,48,49)/p+1/b28-26+,36-34+/t41-,42+/m1/s1. The Hall–Kier alpha value is -1.02. The highest BCUT2D eigenvalue weighted by Gasteiger charge is 2.27. The lowest BCUT2D eigenvalue weighted by molar-refractivity contribution is -0.870. The quantitative estimate of drug-likeness (QED) is 0.0250. The lowest BCUT2D eigenvalue weighted by Crippen LogP contribution is -2.45. The van der Waals surface area contributed by atoms with Gasteiger partial charge in [-0.05, 0) is 32.1 Å². The summed E-state index contributed by atoms with van der Waals surface area (Å²) in [5.41, 5.74) is 0. The first-order valence-electron chi connectivity index (χ1n) is 21.7. The highest BCUT2D eigenvalue weighted by atomic mass is 31.2. The van der Waals surface area contributed by atoms with Gasteiger partial charge in [0.15, 0.2) is 0 Å². The monoisotopic (exact) mass is 758 g/mol. The van der Waals surface area contributed by atoms with Crippen LogP contribution in [0, 0.1) is 0 Å². The van der Waals surface area contributed by atoms with Crippen molar-refractivity contribution in [3.63, 3.8) is 0 Å². The number of phosphoric ester groups is 1. The first-order valence-corrected chi connectivity index (χ1v) is 23.2. The lowest BCUT2D eigenvalue weighted by Gasteiger charge is -2.25. The number of amides is 1. The number of phosphoric acid groups is 1. The minimum absolute atomic E-state index is 0.0581. The number of allylic oxidation sites excluding steroid dienone is 3. The number of likely N-dealkylation sites (N-methyl/N-ethyl adjacent to an activating group) is 1. The van der Waals surface area contributed by atoms with Gasteiger partial charge in [-0.3, -0.25) is 13.8 Å². The second-order valence-electron chi connectivity index (χ2n) is 16.1. The largest absolute Gasteiger partial charge is 0.472 e. The second kappa shape index (κ2) is 35.7. The van der Waals surface area contributed by atoms with Crippen LogP contribution in [0.3, 0.4) is 0 Å². The summed E-state index contributed by atoms with van der Waals surface area (Å²) in [5, 5.41) is 13.8. The predicted octanol–water partition coefficient (Wildman–Crippen LogP) is 11.7. The van der Waals surface area contributed by atoms with Gasteiger partial charge in [-0.25, -0.2) is 4.57 Å². The van der Waals surface area contributed by atoms with E-state index in [0.29, 0.717) is 17.4 Å². The molecule has 0 saturated carbocycles. The Bertz CT molecular complexity index is 907. The molecule has 0 rings (SSSR count). The van der Waals surface area contributed by atoms with Crippen LogP contribution in [0.15, 0.2) is 24.3 Å². The van der Waals surface area contributed by atoms with Crippen LogP contribution >= 0.6 is 7.82 Å². The molecule has 1 unspecified atom stereocenters. The van der Waals surface area contributed by atoms with Crippen molar-refractivity contribution in [2.45, 2.75) is 206 Å². The minimum Gasteiger partial charge on any atom is -0.387 e. The summed E-state index contributed by atoms with van der Waals surface area (Å²) in [4.78, 5) is 23.1. The number of unbranched alkanes of at least 4 members (excludes halogenated alkanes) is 24. The molecule has 0 aliphatic carbocycles. The summed E-state index contributed by atoms with van der Waals surface area (Å²) in [6, 6.07) is -0.857. The molecule has 0 aliphatic rings. The Labute approximate surface area is 322 Å². The number of hydrogen-bond acceptors (Lipinski definition) is 5. The molecule has 0 aromatic carbocycles. The third-order valence-corrected chi connectivity index (χ3v) is 10.7. The van der Waals surface area contributed by atoms with Crippen LogP contribution in [0.4, 0.5) is 0 Å². The number of carbonyl (C=O) groups is 1. The number of nitrogens with one attached hydrogen (secondary N) is 1. The van der Waals surface area contributed by atoms with Crippen LogP contribution < -0.4 is 5.32 Å². The van der Waals surface area contributed by atoms with Crippen LogP contribution in [0.2, 0.25) is 0 Å². The van der Waals surface area contributed by atoms with Crippen molar-refractivity contribution < 1.29 is 32.9 Å². The number of aliphatic hydroxyl groups is 1. The van der Waals surface area contributed by atoms with Gasteiger partial charge in [0, 0.05) is 6.42 Å². The van der Waals surface area contributed by atoms with E-state index >= 15 is 0 Å². The maximum absolute atomic E-state index is 12.8. The molecule has 0 fully saturated rings. The molecular formula is C43H86N2O6P+. The van der Waals surface area contributed by atoms with Crippen molar-refractivity contribution >= 4 is 13.7 Å². The zero-order valence-corrected chi connectivity index (χ0v) is 35.7.